The molecule has 27 heavy (non-hydrogen) atoms. The van der Waals surface area contributed by atoms with Gasteiger partial charge in [0.2, 0.25) is 5.91 Å². The van der Waals surface area contributed by atoms with Gasteiger partial charge in [-0.1, -0.05) is 23.8 Å². The molecule has 0 aliphatic carbocycles. The Kier molecular flexibility index (Phi) is 6.65. The topological polar surface area (TPSA) is 93.8 Å². The quantitative estimate of drug-likeness (QED) is 0.457. The zero-order chi connectivity index (χ0) is 20.0. The Morgan fingerprint density at radius 2 is 1.96 bits per heavy atom. The van der Waals surface area contributed by atoms with Gasteiger partial charge in [0.1, 0.15) is 0 Å². The molecule has 0 bridgehead atoms. The number of hydrazone groups is 1. The summed E-state index contributed by atoms with van der Waals surface area (Å²) in [6.45, 7) is 7.70. The molecule has 0 fully saturated rings. The third-order valence-electron chi connectivity index (χ3n) is 4.08. The summed E-state index contributed by atoms with van der Waals surface area (Å²) in [5.74, 6) is -0.0403. The molecule has 1 N–H and O–H groups in total. The molecule has 2 aromatic carbocycles. The van der Waals surface area contributed by atoms with Crippen LogP contribution in [0.4, 0.5) is 5.69 Å². The van der Waals surface area contributed by atoms with Gasteiger partial charge in [0.15, 0.2) is 5.75 Å². The number of nitrogens with one attached hydrogen (secondary N) is 1. The Bertz CT molecular complexity index is 891. The fourth-order valence-corrected chi connectivity index (χ4v) is 2.58. The van der Waals surface area contributed by atoms with E-state index in [-0.39, 0.29) is 23.8 Å². The zero-order valence-corrected chi connectivity index (χ0v) is 15.9. The van der Waals surface area contributed by atoms with Crippen molar-refractivity contribution in [1.82, 2.24) is 5.43 Å². The van der Waals surface area contributed by atoms with Gasteiger partial charge in [0, 0.05) is 11.6 Å². The third kappa shape index (κ3) is 5.37. The van der Waals surface area contributed by atoms with Crippen molar-refractivity contribution in [2.75, 3.05) is 6.61 Å². The minimum atomic E-state index is -0.499. The van der Waals surface area contributed by atoms with E-state index in [2.05, 4.69) is 10.5 Å². The number of amides is 1. The molecular weight excluding hydrogens is 346 g/mol. The number of carbonyl (C=O) groups is 1. The largest absolute Gasteiger partial charge is 0.487 e. The maximum absolute atomic E-state index is 12.2. The molecule has 1 amide bonds. The lowest BCUT2D eigenvalue weighted by Crippen LogP contribution is -2.21. The van der Waals surface area contributed by atoms with E-state index in [1.165, 1.54) is 12.1 Å². The molecule has 0 radical (unpaired) electrons. The van der Waals surface area contributed by atoms with Crippen molar-refractivity contribution < 1.29 is 14.5 Å². The highest BCUT2D eigenvalue weighted by Gasteiger charge is 2.16. The van der Waals surface area contributed by atoms with Gasteiger partial charge in [-0.15, -0.1) is 0 Å². The molecule has 142 valence electrons. The Morgan fingerprint density at radius 1 is 1.22 bits per heavy atom. The number of ether oxygens (including phenoxy) is 1. The van der Waals surface area contributed by atoms with Crippen molar-refractivity contribution in [3.8, 4) is 5.75 Å². The number of rotatable bonds is 7. The van der Waals surface area contributed by atoms with E-state index in [1.807, 2.05) is 32.0 Å². The van der Waals surface area contributed by atoms with Crippen molar-refractivity contribution in [2.45, 2.75) is 34.1 Å². The van der Waals surface area contributed by atoms with Gasteiger partial charge < -0.3 is 4.74 Å². The molecule has 0 aliphatic heterocycles. The number of nitro groups is 1. The van der Waals surface area contributed by atoms with Crippen LogP contribution in [0.3, 0.4) is 0 Å². The lowest BCUT2D eigenvalue weighted by atomic mass is 10.0. The molecule has 7 heteroatoms. The van der Waals surface area contributed by atoms with Gasteiger partial charge in [-0.25, -0.2) is 5.43 Å². The van der Waals surface area contributed by atoms with E-state index in [4.69, 9.17) is 4.74 Å². The summed E-state index contributed by atoms with van der Waals surface area (Å²) in [6, 6.07) is 10.5. The summed E-state index contributed by atoms with van der Waals surface area (Å²) in [7, 11) is 0. The summed E-state index contributed by atoms with van der Waals surface area (Å²) >= 11 is 0. The highest BCUT2D eigenvalue weighted by molar-refractivity contribution is 6.00. The molecule has 0 heterocycles. The molecule has 0 spiro atoms. The molecule has 7 nitrogen and oxygen atoms in total. The van der Waals surface area contributed by atoms with Gasteiger partial charge in [-0.3, -0.25) is 14.9 Å². The monoisotopic (exact) mass is 369 g/mol. The number of aryl methyl sites for hydroxylation is 2. The van der Waals surface area contributed by atoms with E-state index < -0.39 is 4.92 Å². The van der Waals surface area contributed by atoms with Crippen LogP contribution in [0.5, 0.6) is 5.75 Å². The zero-order valence-electron chi connectivity index (χ0n) is 15.9. The predicted molar refractivity (Wildman–Crippen MR) is 104 cm³/mol. The van der Waals surface area contributed by atoms with Crippen LogP contribution in [0.15, 0.2) is 41.5 Å². The Morgan fingerprint density at radius 3 is 2.63 bits per heavy atom. The minimum Gasteiger partial charge on any atom is -0.487 e. The number of nitro benzene ring substituents is 1. The van der Waals surface area contributed by atoms with Crippen LogP contribution in [0.25, 0.3) is 0 Å². The van der Waals surface area contributed by atoms with Gasteiger partial charge in [-0.2, -0.15) is 5.10 Å². The molecule has 0 atom stereocenters. The van der Waals surface area contributed by atoms with Crippen LogP contribution in [-0.2, 0) is 11.2 Å². The van der Waals surface area contributed by atoms with Gasteiger partial charge in [-0.05, 0) is 51.0 Å². The fraction of sp³-hybridized carbons (Fsp3) is 0.300. The van der Waals surface area contributed by atoms with E-state index in [0.29, 0.717) is 17.9 Å². The van der Waals surface area contributed by atoms with Crippen LogP contribution in [0.2, 0.25) is 0 Å². The van der Waals surface area contributed by atoms with Crippen molar-refractivity contribution in [2.24, 2.45) is 5.10 Å². The van der Waals surface area contributed by atoms with Crippen molar-refractivity contribution in [3.05, 3.63) is 68.8 Å². The van der Waals surface area contributed by atoms with Crippen molar-refractivity contribution in [1.29, 1.82) is 0 Å². The third-order valence-corrected chi connectivity index (χ3v) is 4.08. The maximum atomic E-state index is 12.2. The normalized spacial score (nSPS) is 11.2. The second-order valence-electron chi connectivity index (χ2n) is 6.21. The number of nitrogens with zero attached hydrogens (tertiary/aromatic N) is 2. The summed E-state index contributed by atoms with van der Waals surface area (Å²) in [5, 5.41) is 15.3. The lowest BCUT2D eigenvalue weighted by Gasteiger charge is -2.08. The van der Waals surface area contributed by atoms with Crippen LogP contribution in [0, 0.1) is 24.0 Å². The number of carbonyl (C=O) groups excluding carboxylic acids is 1. The summed E-state index contributed by atoms with van der Waals surface area (Å²) < 4.78 is 5.27. The fourth-order valence-electron chi connectivity index (χ4n) is 2.58. The molecule has 0 saturated heterocycles. The number of benzene rings is 2. The minimum absolute atomic E-state index is 0.134. The molecule has 0 aromatic heterocycles. The molecular formula is C20H23N3O4. The van der Waals surface area contributed by atoms with E-state index in [0.717, 1.165) is 16.7 Å². The highest BCUT2D eigenvalue weighted by Crippen LogP contribution is 2.28. The lowest BCUT2D eigenvalue weighted by molar-refractivity contribution is -0.385. The average molecular weight is 369 g/mol. The van der Waals surface area contributed by atoms with Gasteiger partial charge >= 0.3 is 5.69 Å². The summed E-state index contributed by atoms with van der Waals surface area (Å²) in [5.41, 5.74) is 6.46. The Hall–Kier alpha value is -3.22. The van der Waals surface area contributed by atoms with E-state index >= 15 is 0 Å². The standard InChI is InChI=1S/C20H23N3O4/c1-5-27-19-9-8-16(11-18(19)23(25)26)15(4)21-22-20(24)12-17-10-13(2)6-7-14(17)3/h6-11H,5,12H2,1-4H3,(H,22,24)/b21-15-. The Labute approximate surface area is 158 Å². The summed E-state index contributed by atoms with van der Waals surface area (Å²) in [4.78, 5) is 22.9. The second kappa shape index (κ2) is 8.93. The molecule has 2 aromatic rings. The van der Waals surface area contributed by atoms with Crippen LogP contribution < -0.4 is 10.2 Å². The number of hydrogen-bond donors (Lipinski definition) is 1. The van der Waals surface area contributed by atoms with Crippen LogP contribution in [-0.4, -0.2) is 23.1 Å². The van der Waals surface area contributed by atoms with Gasteiger partial charge in [0.25, 0.3) is 0 Å². The SMILES string of the molecule is CCOc1ccc(/C(C)=N\NC(=O)Cc2cc(C)ccc2C)cc1[N+](=O)[O-]. The summed E-state index contributed by atoms with van der Waals surface area (Å²) in [6.07, 6.45) is 0.216. The maximum Gasteiger partial charge on any atom is 0.311 e. The first-order valence-corrected chi connectivity index (χ1v) is 8.62. The van der Waals surface area contributed by atoms with E-state index in [9.17, 15) is 14.9 Å². The molecule has 0 saturated carbocycles. The molecule has 2 rings (SSSR count). The first kappa shape index (κ1) is 20.1. The van der Waals surface area contributed by atoms with Crippen LogP contribution >= 0.6 is 0 Å². The predicted octanol–water partition coefficient (Wildman–Crippen LogP) is 3.69. The number of hydrogen-bond acceptors (Lipinski definition) is 5. The van der Waals surface area contributed by atoms with Crippen molar-refractivity contribution >= 4 is 17.3 Å². The first-order valence-electron chi connectivity index (χ1n) is 8.62. The van der Waals surface area contributed by atoms with Crippen LogP contribution in [0.1, 0.15) is 36.1 Å². The smallest absolute Gasteiger partial charge is 0.311 e. The van der Waals surface area contributed by atoms with Gasteiger partial charge in [0.05, 0.1) is 23.7 Å². The molecule has 0 aliphatic rings. The first-order chi connectivity index (χ1) is 12.8. The second-order valence-corrected chi connectivity index (χ2v) is 6.21. The Balaban J connectivity index is 2.12. The average Bonchev–Trinajstić information content (AvgIpc) is 2.63. The van der Waals surface area contributed by atoms with Crippen molar-refractivity contribution in [3.63, 3.8) is 0 Å². The highest BCUT2D eigenvalue weighted by atomic mass is 16.6. The molecule has 0 unspecified atom stereocenters. The van der Waals surface area contributed by atoms with E-state index in [1.54, 1.807) is 19.9 Å².